The van der Waals surface area contributed by atoms with Gasteiger partial charge in [-0.1, -0.05) is 23.2 Å². The molecule has 31 heavy (non-hydrogen) atoms. The molecule has 0 aliphatic heterocycles. The number of carbonyl (C=O) groups is 2. The minimum absolute atomic E-state index is 0.0371. The second-order valence-corrected chi connectivity index (χ2v) is 8.66. The Morgan fingerprint density at radius 3 is 2.45 bits per heavy atom. The van der Waals surface area contributed by atoms with Crippen molar-refractivity contribution in [3.63, 3.8) is 0 Å². The van der Waals surface area contributed by atoms with Crippen molar-refractivity contribution >= 4 is 46.5 Å². The zero-order chi connectivity index (χ0) is 22.7. The first-order valence-electron chi connectivity index (χ1n) is 8.89. The lowest BCUT2D eigenvalue weighted by molar-refractivity contribution is -0.119. The van der Waals surface area contributed by atoms with Crippen LogP contribution in [0.4, 0.5) is 13.6 Å². The third-order valence-electron chi connectivity index (χ3n) is 4.17. The average Bonchev–Trinajstić information content (AvgIpc) is 3.11. The Kier molecular flexibility index (Phi) is 7.09. The summed E-state index contributed by atoms with van der Waals surface area (Å²) in [6.07, 6.45) is 1.37. The summed E-state index contributed by atoms with van der Waals surface area (Å²) < 4.78 is 30.1. The maximum absolute atomic E-state index is 14.8. The van der Waals surface area contributed by atoms with E-state index in [9.17, 15) is 18.4 Å². The average molecular weight is 485 g/mol. The number of carbonyl (C=O) groups excluding carboxylic acids is 2. The number of aromatic nitrogens is 1. The number of hydrazine groups is 1. The van der Waals surface area contributed by atoms with Crippen LogP contribution in [-0.2, 0) is 4.79 Å². The van der Waals surface area contributed by atoms with Crippen molar-refractivity contribution < 1.29 is 18.4 Å². The Balaban J connectivity index is 1.93. The summed E-state index contributed by atoms with van der Waals surface area (Å²) in [6, 6.07) is 5.64. The van der Waals surface area contributed by atoms with E-state index in [0.29, 0.717) is 20.3 Å². The van der Waals surface area contributed by atoms with Gasteiger partial charge in [0.2, 0.25) is 5.91 Å². The molecule has 0 saturated carbocycles. The summed E-state index contributed by atoms with van der Waals surface area (Å²) in [7, 11) is 0. The van der Waals surface area contributed by atoms with Gasteiger partial charge >= 0.3 is 6.03 Å². The molecule has 2 aromatic heterocycles. The van der Waals surface area contributed by atoms with Crippen LogP contribution in [0.1, 0.15) is 25.6 Å². The second-order valence-electron chi connectivity index (χ2n) is 6.51. The van der Waals surface area contributed by atoms with Gasteiger partial charge in [-0.05, 0) is 42.8 Å². The lowest BCUT2D eigenvalue weighted by Crippen LogP contribution is -2.46. The van der Waals surface area contributed by atoms with Crippen LogP contribution in [0, 0.1) is 11.6 Å². The molecule has 0 bridgehead atoms. The van der Waals surface area contributed by atoms with Gasteiger partial charge < -0.3 is 5.32 Å². The number of amides is 3. The zero-order valence-electron chi connectivity index (χ0n) is 16.2. The summed E-state index contributed by atoms with van der Waals surface area (Å²) in [5.41, 5.74) is 5.07. The van der Waals surface area contributed by atoms with Crippen molar-refractivity contribution in [2.45, 2.75) is 19.9 Å². The monoisotopic (exact) mass is 484 g/mol. The third-order valence-corrected chi connectivity index (χ3v) is 5.63. The fourth-order valence-electron chi connectivity index (χ4n) is 2.86. The molecular formula is C20H16Cl2F2N4O2S. The highest BCUT2D eigenvalue weighted by molar-refractivity contribution is 7.19. The van der Waals surface area contributed by atoms with Gasteiger partial charge in [0.05, 0.1) is 16.1 Å². The fraction of sp³-hybridized carbons (Fsp3) is 0.150. The minimum Gasteiger partial charge on any atom is -0.329 e. The molecule has 11 heteroatoms. The van der Waals surface area contributed by atoms with Gasteiger partial charge in [-0.3, -0.25) is 15.2 Å². The van der Waals surface area contributed by atoms with Crippen LogP contribution in [0.15, 0.2) is 36.5 Å². The predicted molar refractivity (Wildman–Crippen MR) is 117 cm³/mol. The van der Waals surface area contributed by atoms with Crippen molar-refractivity contribution in [3.05, 3.63) is 63.2 Å². The van der Waals surface area contributed by atoms with Crippen molar-refractivity contribution in [2.24, 2.45) is 0 Å². The van der Waals surface area contributed by atoms with Crippen LogP contribution in [0.5, 0.6) is 0 Å². The number of nitrogens with zero attached hydrogens (tertiary/aromatic N) is 1. The molecule has 0 saturated heterocycles. The van der Waals surface area contributed by atoms with Crippen LogP contribution < -0.4 is 16.2 Å². The van der Waals surface area contributed by atoms with E-state index >= 15 is 0 Å². The van der Waals surface area contributed by atoms with Crippen LogP contribution in [0.2, 0.25) is 9.36 Å². The smallest absolute Gasteiger partial charge is 0.329 e. The molecule has 1 aromatic carbocycles. The largest absolute Gasteiger partial charge is 0.334 e. The molecule has 3 aromatic rings. The molecule has 0 radical (unpaired) electrons. The van der Waals surface area contributed by atoms with Crippen molar-refractivity contribution in [2.75, 3.05) is 0 Å². The van der Waals surface area contributed by atoms with Crippen molar-refractivity contribution in [1.29, 1.82) is 0 Å². The number of halogens is 4. The molecule has 2 heterocycles. The maximum atomic E-state index is 14.8. The lowest BCUT2D eigenvalue weighted by atomic mass is 9.98. The van der Waals surface area contributed by atoms with E-state index in [2.05, 4.69) is 21.2 Å². The highest BCUT2D eigenvalue weighted by atomic mass is 35.5. The summed E-state index contributed by atoms with van der Waals surface area (Å²) in [6.45, 7) is 2.75. The number of hydrogen-bond acceptors (Lipinski definition) is 4. The highest BCUT2D eigenvalue weighted by Gasteiger charge is 2.20. The van der Waals surface area contributed by atoms with E-state index < -0.39 is 29.6 Å². The summed E-state index contributed by atoms with van der Waals surface area (Å²) in [5.74, 6) is -1.75. The third kappa shape index (κ3) is 5.49. The molecule has 3 N–H and O–H groups in total. The number of urea groups is 1. The zero-order valence-corrected chi connectivity index (χ0v) is 18.6. The molecule has 0 aliphatic carbocycles. The van der Waals surface area contributed by atoms with Crippen LogP contribution in [-0.4, -0.2) is 16.9 Å². The number of thiophene rings is 1. The van der Waals surface area contributed by atoms with Gasteiger partial charge in [-0.2, -0.15) is 0 Å². The molecule has 162 valence electrons. The normalized spacial score (nSPS) is 11.7. The van der Waals surface area contributed by atoms with Gasteiger partial charge in [0.15, 0.2) is 0 Å². The first kappa shape index (κ1) is 22.9. The van der Waals surface area contributed by atoms with E-state index in [1.165, 1.54) is 49.6 Å². The fourth-order valence-corrected chi connectivity index (χ4v) is 4.17. The standard InChI is InChI=1S/C20H16Cl2F2N4O2S/c1-9(26-20(30)28-27-10(2)29)19-15(24)5-11(8-25-19)13-6-12(21)7-14(23)18(13)16-3-4-17(22)31-16/h3-9H,1-2H3,(H,27,29)(H2,26,28,30). The van der Waals surface area contributed by atoms with Gasteiger partial charge in [-0.15, -0.1) is 11.3 Å². The van der Waals surface area contributed by atoms with Gasteiger partial charge in [0.25, 0.3) is 0 Å². The minimum atomic E-state index is -0.811. The van der Waals surface area contributed by atoms with Gasteiger partial charge in [0.1, 0.15) is 11.6 Å². The number of benzene rings is 1. The Morgan fingerprint density at radius 1 is 1.10 bits per heavy atom. The van der Waals surface area contributed by atoms with Crippen molar-refractivity contribution in [3.8, 4) is 21.6 Å². The Morgan fingerprint density at radius 2 is 1.84 bits per heavy atom. The maximum Gasteiger partial charge on any atom is 0.334 e. The molecule has 3 rings (SSSR count). The lowest BCUT2D eigenvalue weighted by Gasteiger charge is -2.16. The Hall–Kier alpha value is -2.75. The summed E-state index contributed by atoms with van der Waals surface area (Å²) in [5, 5.41) is 2.59. The summed E-state index contributed by atoms with van der Waals surface area (Å²) >= 11 is 13.2. The second kappa shape index (κ2) is 9.59. The Bertz CT molecular complexity index is 1160. The highest BCUT2D eigenvalue weighted by Crippen LogP contribution is 2.41. The SMILES string of the molecule is CC(=O)NNC(=O)NC(C)c1ncc(-c2cc(Cl)cc(F)c2-c2ccc(Cl)s2)cc1F. The molecule has 0 aliphatic rings. The molecule has 3 amide bonds. The van der Waals surface area contributed by atoms with Crippen LogP contribution >= 0.6 is 34.5 Å². The van der Waals surface area contributed by atoms with E-state index in [0.717, 1.165) is 0 Å². The van der Waals surface area contributed by atoms with Crippen LogP contribution in [0.25, 0.3) is 21.6 Å². The molecule has 0 fully saturated rings. The Labute approximate surface area is 190 Å². The van der Waals surface area contributed by atoms with E-state index in [1.54, 1.807) is 12.1 Å². The van der Waals surface area contributed by atoms with E-state index in [4.69, 9.17) is 23.2 Å². The molecule has 1 atom stereocenters. The molecular weight excluding hydrogens is 469 g/mol. The molecule has 0 spiro atoms. The van der Waals surface area contributed by atoms with E-state index in [-0.39, 0.29) is 16.3 Å². The number of rotatable bonds is 4. The first-order chi connectivity index (χ1) is 14.7. The number of pyridine rings is 1. The predicted octanol–water partition coefficient (Wildman–Crippen LogP) is 5.47. The topological polar surface area (TPSA) is 83.1 Å². The van der Waals surface area contributed by atoms with Gasteiger partial charge in [-0.25, -0.2) is 19.0 Å². The first-order valence-corrected chi connectivity index (χ1v) is 10.5. The summed E-state index contributed by atoms with van der Waals surface area (Å²) in [4.78, 5) is 27.3. The molecule has 1 unspecified atom stereocenters. The number of hydrogen-bond donors (Lipinski definition) is 3. The van der Waals surface area contributed by atoms with Gasteiger partial charge in [0, 0.05) is 34.1 Å². The van der Waals surface area contributed by atoms with Crippen LogP contribution in [0.3, 0.4) is 0 Å². The van der Waals surface area contributed by atoms with Crippen molar-refractivity contribution in [1.82, 2.24) is 21.2 Å². The van der Waals surface area contributed by atoms with E-state index in [1.807, 2.05) is 0 Å². The molecule has 6 nitrogen and oxygen atoms in total. The quantitative estimate of drug-likeness (QED) is 0.429. The number of nitrogens with one attached hydrogen (secondary N) is 3.